The number of hydrazine groups is 1. The predicted octanol–water partition coefficient (Wildman–Crippen LogP) is 2.36. The Labute approximate surface area is 113 Å². The molecular formula is C12H11N5OS. The van der Waals surface area contributed by atoms with E-state index in [-0.39, 0.29) is 0 Å². The third kappa shape index (κ3) is 2.51. The van der Waals surface area contributed by atoms with Gasteiger partial charge in [-0.05, 0) is 30.8 Å². The fourth-order valence-electron chi connectivity index (χ4n) is 1.65. The first-order valence-corrected chi connectivity index (χ1v) is 6.42. The molecule has 0 bridgehead atoms. The van der Waals surface area contributed by atoms with Crippen molar-refractivity contribution in [2.24, 2.45) is 5.84 Å². The smallest absolute Gasteiger partial charge is 0.263 e. The van der Waals surface area contributed by atoms with Crippen LogP contribution in [0.25, 0.3) is 11.1 Å². The molecule has 0 unspecified atom stereocenters. The van der Waals surface area contributed by atoms with Gasteiger partial charge in [-0.1, -0.05) is 12.1 Å². The van der Waals surface area contributed by atoms with Crippen LogP contribution in [0.15, 0.2) is 45.0 Å². The minimum atomic E-state index is 0.544. The number of aryl methyl sites for hydroxylation is 1. The van der Waals surface area contributed by atoms with Gasteiger partial charge in [-0.2, -0.15) is 0 Å². The first-order chi connectivity index (χ1) is 9.24. The molecular weight excluding hydrogens is 262 g/mol. The molecule has 2 heterocycles. The summed E-state index contributed by atoms with van der Waals surface area (Å²) in [5.41, 5.74) is 4.09. The number of para-hydroxylation sites is 2. The topological polar surface area (TPSA) is 89.9 Å². The van der Waals surface area contributed by atoms with Crippen LogP contribution < -0.4 is 11.3 Å². The third-order valence-electron chi connectivity index (χ3n) is 2.43. The molecule has 19 heavy (non-hydrogen) atoms. The SMILES string of the molecule is Cc1nc(NN)cc(Sc2nc3ccccc3o2)n1. The Balaban J connectivity index is 1.94. The van der Waals surface area contributed by atoms with Crippen molar-refractivity contribution in [2.45, 2.75) is 17.2 Å². The van der Waals surface area contributed by atoms with Gasteiger partial charge in [-0.15, -0.1) is 0 Å². The van der Waals surface area contributed by atoms with Gasteiger partial charge in [-0.25, -0.2) is 20.8 Å². The molecule has 0 spiro atoms. The van der Waals surface area contributed by atoms with E-state index in [1.165, 1.54) is 11.8 Å². The van der Waals surface area contributed by atoms with Crippen LogP contribution >= 0.6 is 11.8 Å². The summed E-state index contributed by atoms with van der Waals surface area (Å²) in [5.74, 6) is 6.55. The van der Waals surface area contributed by atoms with E-state index in [9.17, 15) is 0 Å². The van der Waals surface area contributed by atoms with Crippen LogP contribution in [0, 0.1) is 6.92 Å². The molecule has 2 aromatic heterocycles. The molecule has 7 heteroatoms. The van der Waals surface area contributed by atoms with Gasteiger partial charge in [0.1, 0.15) is 22.2 Å². The van der Waals surface area contributed by atoms with Crippen LogP contribution in [-0.2, 0) is 0 Å². The summed E-state index contributed by atoms with van der Waals surface area (Å²) in [6.45, 7) is 1.80. The summed E-state index contributed by atoms with van der Waals surface area (Å²) in [6.07, 6.45) is 0. The molecule has 3 aromatic rings. The van der Waals surface area contributed by atoms with Crippen molar-refractivity contribution in [3.8, 4) is 0 Å². The van der Waals surface area contributed by atoms with Gasteiger partial charge in [0.25, 0.3) is 5.22 Å². The van der Waals surface area contributed by atoms with Crippen molar-refractivity contribution in [1.82, 2.24) is 15.0 Å². The van der Waals surface area contributed by atoms with Gasteiger partial charge in [0, 0.05) is 6.07 Å². The number of fused-ring (bicyclic) bond motifs is 1. The van der Waals surface area contributed by atoms with Crippen LogP contribution in [0.3, 0.4) is 0 Å². The molecule has 96 valence electrons. The monoisotopic (exact) mass is 273 g/mol. The largest absolute Gasteiger partial charge is 0.431 e. The van der Waals surface area contributed by atoms with Gasteiger partial charge in [-0.3, -0.25) is 0 Å². The fraction of sp³-hybridized carbons (Fsp3) is 0.0833. The molecule has 0 aliphatic heterocycles. The number of hydrogen-bond donors (Lipinski definition) is 2. The number of nitrogen functional groups attached to an aromatic ring is 1. The highest BCUT2D eigenvalue weighted by molar-refractivity contribution is 7.99. The maximum atomic E-state index is 5.63. The number of nitrogens with one attached hydrogen (secondary N) is 1. The third-order valence-corrected chi connectivity index (χ3v) is 3.20. The minimum Gasteiger partial charge on any atom is -0.431 e. The molecule has 3 rings (SSSR count). The van der Waals surface area contributed by atoms with E-state index in [0.717, 1.165) is 16.1 Å². The average molecular weight is 273 g/mol. The Kier molecular flexibility index (Phi) is 3.06. The Hall–Kier alpha value is -2.12. The van der Waals surface area contributed by atoms with Crippen LogP contribution in [0.4, 0.5) is 5.82 Å². The molecule has 0 aliphatic carbocycles. The molecule has 0 saturated carbocycles. The summed E-state index contributed by atoms with van der Waals surface area (Å²) in [4.78, 5) is 12.8. The number of benzene rings is 1. The molecule has 3 N–H and O–H groups in total. The van der Waals surface area contributed by atoms with Crippen molar-refractivity contribution < 1.29 is 4.42 Å². The highest BCUT2D eigenvalue weighted by Crippen LogP contribution is 2.29. The zero-order valence-corrected chi connectivity index (χ0v) is 10.9. The van der Waals surface area contributed by atoms with Crippen molar-refractivity contribution >= 4 is 28.7 Å². The molecule has 1 aromatic carbocycles. The van der Waals surface area contributed by atoms with E-state index in [4.69, 9.17) is 10.3 Å². The molecule has 0 fully saturated rings. The molecule has 0 radical (unpaired) electrons. The lowest BCUT2D eigenvalue weighted by molar-refractivity contribution is 0.489. The Morgan fingerprint density at radius 3 is 2.84 bits per heavy atom. The maximum Gasteiger partial charge on any atom is 0.263 e. The summed E-state index contributed by atoms with van der Waals surface area (Å²) < 4.78 is 5.63. The quantitative estimate of drug-likeness (QED) is 0.430. The second-order valence-corrected chi connectivity index (χ2v) is 4.80. The second kappa shape index (κ2) is 4.87. The Morgan fingerprint density at radius 1 is 1.21 bits per heavy atom. The Morgan fingerprint density at radius 2 is 2.05 bits per heavy atom. The van der Waals surface area contributed by atoms with E-state index in [1.807, 2.05) is 24.3 Å². The summed E-state index contributed by atoms with van der Waals surface area (Å²) in [5, 5.41) is 1.27. The lowest BCUT2D eigenvalue weighted by Gasteiger charge is -2.02. The van der Waals surface area contributed by atoms with Crippen molar-refractivity contribution in [3.05, 3.63) is 36.2 Å². The van der Waals surface area contributed by atoms with Crippen molar-refractivity contribution in [1.29, 1.82) is 0 Å². The lowest BCUT2D eigenvalue weighted by atomic mass is 10.3. The summed E-state index contributed by atoms with van der Waals surface area (Å²) in [7, 11) is 0. The fourth-order valence-corrected chi connectivity index (χ4v) is 2.45. The van der Waals surface area contributed by atoms with Crippen LogP contribution in [-0.4, -0.2) is 15.0 Å². The predicted molar refractivity (Wildman–Crippen MR) is 72.7 cm³/mol. The molecule has 0 atom stereocenters. The number of anilines is 1. The highest BCUT2D eigenvalue weighted by Gasteiger charge is 2.09. The van der Waals surface area contributed by atoms with E-state index in [2.05, 4.69) is 20.4 Å². The zero-order valence-electron chi connectivity index (χ0n) is 10.1. The molecule has 0 saturated heterocycles. The van der Waals surface area contributed by atoms with Gasteiger partial charge >= 0.3 is 0 Å². The first kappa shape index (κ1) is 11.9. The average Bonchev–Trinajstić information content (AvgIpc) is 2.80. The molecule has 0 amide bonds. The lowest BCUT2D eigenvalue weighted by Crippen LogP contribution is -2.09. The van der Waals surface area contributed by atoms with Gasteiger partial charge in [0.15, 0.2) is 5.58 Å². The number of rotatable bonds is 3. The van der Waals surface area contributed by atoms with E-state index in [0.29, 0.717) is 16.9 Å². The van der Waals surface area contributed by atoms with E-state index < -0.39 is 0 Å². The minimum absolute atomic E-state index is 0.544. The standard InChI is InChI=1S/C12H11N5OS/c1-7-14-10(17-13)6-11(15-7)19-12-16-8-4-2-3-5-9(8)18-12/h2-6H,13H2,1H3,(H,14,15,17). The molecule has 0 aliphatic rings. The second-order valence-electron chi connectivity index (χ2n) is 3.83. The zero-order chi connectivity index (χ0) is 13.2. The van der Waals surface area contributed by atoms with Crippen LogP contribution in [0.5, 0.6) is 0 Å². The number of hydrogen-bond acceptors (Lipinski definition) is 7. The maximum absolute atomic E-state index is 5.63. The number of nitrogens with zero attached hydrogens (tertiary/aromatic N) is 3. The number of aromatic nitrogens is 3. The Bertz CT molecular complexity index is 694. The van der Waals surface area contributed by atoms with E-state index >= 15 is 0 Å². The van der Waals surface area contributed by atoms with Gasteiger partial charge in [0.2, 0.25) is 0 Å². The number of oxazole rings is 1. The van der Waals surface area contributed by atoms with Crippen molar-refractivity contribution in [2.75, 3.05) is 5.43 Å². The van der Waals surface area contributed by atoms with Crippen LogP contribution in [0.2, 0.25) is 0 Å². The van der Waals surface area contributed by atoms with Crippen molar-refractivity contribution in [3.63, 3.8) is 0 Å². The van der Waals surface area contributed by atoms with E-state index in [1.54, 1.807) is 13.0 Å². The van der Waals surface area contributed by atoms with Crippen LogP contribution in [0.1, 0.15) is 5.82 Å². The van der Waals surface area contributed by atoms with Gasteiger partial charge in [0.05, 0.1) is 0 Å². The highest BCUT2D eigenvalue weighted by atomic mass is 32.2. The molecule has 6 nitrogen and oxygen atoms in total. The normalized spacial score (nSPS) is 10.8. The van der Waals surface area contributed by atoms with Gasteiger partial charge < -0.3 is 9.84 Å². The summed E-state index contributed by atoms with van der Waals surface area (Å²) >= 11 is 1.33. The first-order valence-electron chi connectivity index (χ1n) is 5.60. The number of nitrogens with two attached hydrogens (primary N) is 1. The summed E-state index contributed by atoms with van der Waals surface area (Å²) in [6, 6.07) is 9.36.